The third-order valence-corrected chi connectivity index (χ3v) is 5.14. The van der Waals surface area contributed by atoms with Gasteiger partial charge in [0, 0.05) is 44.8 Å². The van der Waals surface area contributed by atoms with Gasteiger partial charge >= 0.3 is 0 Å². The van der Waals surface area contributed by atoms with Crippen LogP contribution in [0.3, 0.4) is 0 Å². The molecule has 20 heavy (non-hydrogen) atoms. The van der Waals surface area contributed by atoms with E-state index in [1.54, 1.807) is 0 Å². The van der Waals surface area contributed by atoms with Gasteiger partial charge in [-0.3, -0.25) is 4.90 Å². The second-order valence-corrected chi connectivity index (χ2v) is 7.11. The molecule has 0 aromatic rings. The minimum atomic E-state index is 0. The first-order valence-corrected chi connectivity index (χ1v) is 7.79. The first-order chi connectivity index (χ1) is 9.20. The van der Waals surface area contributed by atoms with Gasteiger partial charge in [0.2, 0.25) is 0 Å². The highest BCUT2D eigenvalue weighted by Crippen LogP contribution is 2.35. The van der Waals surface area contributed by atoms with E-state index >= 15 is 0 Å². The monoisotopic (exact) mass is 304 g/mol. The molecule has 4 nitrogen and oxygen atoms in total. The van der Waals surface area contributed by atoms with E-state index in [1.165, 1.54) is 45.4 Å². The van der Waals surface area contributed by atoms with E-state index in [9.17, 15) is 0 Å². The van der Waals surface area contributed by atoms with E-state index < -0.39 is 0 Å². The first kappa shape index (κ1) is 16.5. The van der Waals surface area contributed by atoms with Crippen LogP contribution in [0.25, 0.3) is 0 Å². The van der Waals surface area contributed by atoms with Gasteiger partial charge in [-0.2, -0.15) is 0 Å². The van der Waals surface area contributed by atoms with Crippen molar-refractivity contribution in [1.29, 1.82) is 0 Å². The Morgan fingerprint density at radius 3 is 2.60 bits per heavy atom. The topological polar surface area (TPSA) is 33.7 Å². The predicted molar refractivity (Wildman–Crippen MR) is 82.6 cm³/mol. The minimum Gasteiger partial charge on any atom is -0.381 e. The average molecular weight is 305 g/mol. The van der Waals surface area contributed by atoms with E-state index in [-0.39, 0.29) is 12.4 Å². The lowest BCUT2D eigenvalue weighted by Crippen LogP contribution is -2.46. The normalized spacial score (nSPS) is 34.6. The maximum Gasteiger partial charge on any atom is 0.0593 e. The third kappa shape index (κ3) is 3.86. The molecule has 0 aromatic heterocycles. The van der Waals surface area contributed by atoms with Gasteiger partial charge in [-0.1, -0.05) is 6.92 Å². The molecule has 0 aliphatic carbocycles. The van der Waals surface area contributed by atoms with Crippen LogP contribution in [0.2, 0.25) is 0 Å². The standard InChI is InChI=1S/C15H28N2O2.ClH/c1-14(2-5-16-10-14)11-17-6-9-19-13-15(12-17)3-7-18-8-4-15;/h16H,2-13H2,1H3;1H. The molecule has 5 heteroatoms. The fourth-order valence-corrected chi connectivity index (χ4v) is 3.87. The van der Waals surface area contributed by atoms with Crippen LogP contribution in [-0.4, -0.2) is 64.1 Å². The quantitative estimate of drug-likeness (QED) is 0.839. The van der Waals surface area contributed by atoms with Crippen molar-refractivity contribution < 1.29 is 9.47 Å². The summed E-state index contributed by atoms with van der Waals surface area (Å²) in [5.41, 5.74) is 0.813. The van der Waals surface area contributed by atoms with Crippen LogP contribution in [0.5, 0.6) is 0 Å². The molecule has 1 N–H and O–H groups in total. The summed E-state index contributed by atoms with van der Waals surface area (Å²) in [6, 6.07) is 0. The van der Waals surface area contributed by atoms with Crippen molar-refractivity contribution in [2.24, 2.45) is 10.8 Å². The Hall–Kier alpha value is 0.130. The smallest absolute Gasteiger partial charge is 0.0593 e. The molecule has 3 fully saturated rings. The number of nitrogens with zero attached hydrogens (tertiary/aromatic N) is 1. The summed E-state index contributed by atoms with van der Waals surface area (Å²) >= 11 is 0. The third-order valence-electron chi connectivity index (χ3n) is 5.14. The zero-order chi connectivity index (χ0) is 13.2. The maximum absolute atomic E-state index is 5.90. The van der Waals surface area contributed by atoms with Crippen LogP contribution in [0.1, 0.15) is 26.2 Å². The van der Waals surface area contributed by atoms with Crippen LogP contribution in [0.15, 0.2) is 0 Å². The number of hydrogen-bond donors (Lipinski definition) is 1. The highest BCUT2D eigenvalue weighted by atomic mass is 35.5. The Kier molecular flexibility index (Phi) is 5.71. The molecule has 0 bridgehead atoms. The highest BCUT2D eigenvalue weighted by Gasteiger charge is 2.39. The molecule has 1 unspecified atom stereocenters. The van der Waals surface area contributed by atoms with E-state index in [0.717, 1.165) is 33.0 Å². The van der Waals surface area contributed by atoms with Gasteiger partial charge in [0.15, 0.2) is 0 Å². The second kappa shape index (κ2) is 6.93. The van der Waals surface area contributed by atoms with Crippen LogP contribution in [-0.2, 0) is 9.47 Å². The lowest BCUT2D eigenvalue weighted by molar-refractivity contribution is -0.0332. The molecule has 0 radical (unpaired) electrons. The van der Waals surface area contributed by atoms with Gasteiger partial charge in [0.05, 0.1) is 13.2 Å². The average Bonchev–Trinajstić information content (AvgIpc) is 2.73. The van der Waals surface area contributed by atoms with Crippen molar-refractivity contribution in [2.75, 3.05) is 59.2 Å². The van der Waals surface area contributed by atoms with Crippen LogP contribution in [0.4, 0.5) is 0 Å². The fraction of sp³-hybridized carbons (Fsp3) is 1.00. The summed E-state index contributed by atoms with van der Waals surface area (Å²) in [5.74, 6) is 0. The van der Waals surface area contributed by atoms with Crippen molar-refractivity contribution in [1.82, 2.24) is 10.2 Å². The van der Waals surface area contributed by atoms with Crippen LogP contribution in [0, 0.1) is 10.8 Å². The number of rotatable bonds is 2. The summed E-state index contributed by atoms with van der Waals surface area (Å²) in [6.45, 7) is 11.9. The summed E-state index contributed by atoms with van der Waals surface area (Å²) in [7, 11) is 0. The number of ether oxygens (including phenoxy) is 2. The van der Waals surface area contributed by atoms with E-state index in [0.29, 0.717) is 10.8 Å². The molecule has 3 heterocycles. The van der Waals surface area contributed by atoms with Gasteiger partial charge < -0.3 is 14.8 Å². The molecule has 1 spiro atoms. The zero-order valence-electron chi connectivity index (χ0n) is 12.7. The van der Waals surface area contributed by atoms with Crippen LogP contribution >= 0.6 is 12.4 Å². The van der Waals surface area contributed by atoms with Gasteiger partial charge in [-0.25, -0.2) is 0 Å². The minimum absolute atomic E-state index is 0. The summed E-state index contributed by atoms with van der Waals surface area (Å²) in [6.07, 6.45) is 3.64. The predicted octanol–water partition coefficient (Wildman–Crippen LogP) is 1.54. The fourth-order valence-electron chi connectivity index (χ4n) is 3.87. The molecule has 3 aliphatic rings. The Bertz CT molecular complexity index is 302. The molecule has 1 atom stereocenters. The molecule has 3 rings (SSSR count). The molecule has 118 valence electrons. The van der Waals surface area contributed by atoms with Gasteiger partial charge in [0.1, 0.15) is 0 Å². The molecule has 0 saturated carbocycles. The molecule has 3 saturated heterocycles. The summed E-state index contributed by atoms with van der Waals surface area (Å²) < 4.78 is 11.4. The largest absolute Gasteiger partial charge is 0.381 e. The Morgan fingerprint density at radius 2 is 1.90 bits per heavy atom. The van der Waals surface area contributed by atoms with Crippen molar-refractivity contribution >= 4 is 12.4 Å². The van der Waals surface area contributed by atoms with E-state index in [1.807, 2.05) is 0 Å². The summed E-state index contributed by atoms with van der Waals surface area (Å²) in [5, 5.41) is 3.51. The Morgan fingerprint density at radius 1 is 1.10 bits per heavy atom. The lowest BCUT2D eigenvalue weighted by Gasteiger charge is -2.40. The molecular weight excluding hydrogens is 276 g/mol. The number of nitrogens with one attached hydrogen (secondary N) is 1. The van der Waals surface area contributed by atoms with Gasteiger partial charge in [-0.15, -0.1) is 12.4 Å². The SMILES string of the molecule is CC1(CN2CCOCC3(CCOCC3)C2)CCNC1.Cl. The Labute approximate surface area is 129 Å². The van der Waals surface area contributed by atoms with Crippen molar-refractivity contribution in [3.63, 3.8) is 0 Å². The Balaban J connectivity index is 0.00000147. The molecular formula is C15H29ClN2O2. The lowest BCUT2D eigenvalue weighted by atomic mass is 9.80. The molecule has 0 aromatic carbocycles. The van der Waals surface area contributed by atoms with Crippen molar-refractivity contribution in [3.8, 4) is 0 Å². The maximum atomic E-state index is 5.90. The summed E-state index contributed by atoms with van der Waals surface area (Å²) in [4.78, 5) is 2.66. The second-order valence-electron chi connectivity index (χ2n) is 7.11. The van der Waals surface area contributed by atoms with Crippen molar-refractivity contribution in [2.45, 2.75) is 26.2 Å². The zero-order valence-corrected chi connectivity index (χ0v) is 13.5. The van der Waals surface area contributed by atoms with Gasteiger partial charge in [-0.05, 0) is 31.2 Å². The molecule has 3 aliphatic heterocycles. The van der Waals surface area contributed by atoms with E-state index in [4.69, 9.17) is 9.47 Å². The number of halogens is 1. The van der Waals surface area contributed by atoms with E-state index in [2.05, 4.69) is 17.1 Å². The molecule has 0 amide bonds. The van der Waals surface area contributed by atoms with Gasteiger partial charge in [0.25, 0.3) is 0 Å². The first-order valence-electron chi connectivity index (χ1n) is 7.79. The van der Waals surface area contributed by atoms with Crippen LogP contribution < -0.4 is 5.32 Å². The highest BCUT2D eigenvalue weighted by molar-refractivity contribution is 5.85. The van der Waals surface area contributed by atoms with Crippen molar-refractivity contribution in [3.05, 3.63) is 0 Å². The number of hydrogen-bond acceptors (Lipinski definition) is 4.